The van der Waals surface area contributed by atoms with Gasteiger partial charge in [0.05, 0.1) is 16.2 Å². The Labute approximate surface area is 118 Å². The zero-order valence-corrected chi connectivity index (χ0v) is 13.0. The van der Waals surface area contributed by atoms with Crippen LogP contribution in [-0.2, 0) is 11.0 Å². The lowest BCUT2D eigenvalue weighted by atomic mass is 9.79. The van der Waals surface area contributed by atoms with Gasteiger partial charge in [0.15, 0.2) is 0 Å². The summed E-state index contributed by atoms with van der Waals surface area (Å²) in [6.07, 6.45) is 4.24. The van der Waals surface area contributed by atoms with Gasteiger partial charge in [-0.3, -0.25) is 10.1 Å². The van der Waals surface area contributed by atoms with E-state index in [1.165, 1.54) is 18.4 Å². The minimum absolute atomic E-state index is 0.0469. The molecule has 4 heteroatoms. The number of rotatable bonds is 4. The zero-order valence-electron chi connectivity index (χ0n) is 12.2. The van der Waals surface area contributed by atoms with E-state index in [0.29, 0.717) is 5.92 Å². The fourth-order valence-corrected chi connectivity index (χ4v) is 4.22. The summed E-state index contributed by atoms with van der Waals surface area (Å²) in [7, 11) is -1.33. The number of nitrogens with two attached hydrogens (primary N) is 1. The number of hydrogen-bond donors (Lipinski definition) is 1. The van der Waals surface area contributed by atoms with Crippen molar-refractivity contribution in [2.75, 3.05) is 0 Å². The van der Waals surface area contributed by atoms with Gasteiger partial charge >= 0.3 is 0 Å². The average molecular weight is 280 g/mol. The fraction of sp³-hybridized carbons (Fsp3) is 0.667. The summed E-state index contributed by atoms with van der Waals surface area (Å²) in [4.78, 5) is 4.53. The maximum atomic E-state index is 12.1. The molecular weight excluding hydrogens is 256 g/mol. The van der Waals surface area contributed by atoms with Gasteiger partial charge in [0, 0.05) is 17.8 Å². The van der Waals surface area contributed by atoms with Crippen molar-refractivity contribution < 1.29 is 4.21 Å². The summed E-state index contributed by atoms with van der Waals surface area (Å²) in [5.74, 6) is 0.803. The predicted molar refractivity (Wildman–Crippen MR) is 80.0 cm³/mol. The molecule has 0 radical (unpaired) electrons. The van der Waals surface area contributed by atoms with E-state index in [9.17, 15) is 4.21 Å². The van der Waals surface area contributed by atoms with Gasteiger partial charge in [0.25, 0.3) is 0 Å². The molecule has 2 rings (SSSR count). The van der Waals surface area contributed by atoms with E-state index in [0.717, 1.165) is 5.69 Å². The van der Waals surface area contributed by atoms with Crippen molar-refractivity contribution in [3.8, 4) is 0 Å². The van der Waals surface area contributed by atoms with Gasteiger partial charge in [0.1, 0.15) is 0 Å². The van der Waals surface area contributed by atoms with Gasteiger partial charge in [-0.05, 0) is 48.8 Å². The van der Waals surface area contributed by atoms with Crippen molar-refractivity contribution in [3.63, 3.8) is 0 Å². The molecular formula is C15H24N2OS. The standard InChI is InChI=1S/C15H24N2OS/c1-10-7-8-17-12(9-10)13(11-5-6-11)14(19(16)18)15(2,3)4/h7-9,11,13-14H,5-6,16H2,1-4H3/t13-,14?,19?/m0/s1. The Morgan fingerprint density at radius 3 is 2.47 bits per heavy atom. The molecule has 2 unspecified atom stereocenters. The molecule has 0 spiro atoms. The summed E-state index contributed by atoms with van der Waals surface area (Å²) < 4.78 is 12.1. The lowest BCUT2D eigenvalue weighted by Gasteiger charge is -2.35. The number of pyridine rings is 1. The van der Waals surface area contributed by atoms with E-state index in [-0.39, 0.29) is 16.6 Å². The van der Waals surface area contributed by atoms with Crippen molar-refractivity contribution in [1.82, 2.24) is 4.98 Å². The van der Waals surface area contributed by atoms with E-state index < -0.39 is 11.0 Å². The molecule has 0 aromatic carbocycles. The first-order chi connectivity index (χ1) is 8.80. The molecule has 0 aliphatic heterocycles. The molecule has 1 fully saturated rings. The van der Waals surface area contributed by atoms with Crippen molar-refractivity contribution in [2.24, 2.45) is 16.5 Å². The van der Waals surface area contributed by atoms with Gasteiger partial charge in [-0.1, -0.05) is 20.8 Å². The molecule has 0 bridgehead atoms. The minimum atomic E-state index is -1.33. The Bertz CT molecular complexity index is 477. The van der Waals surface area contributed by atoms with E-state index in [4.69, 9.17) is 5.14 Å². The van der Waals surface area contributed by atoms with Crippen LogP contribution in [0.5, 0.6) is 0 Å². The maximum absolute atomic E-state index is 12.1. The summed E-state index contributed by atoms with van der Waals surface area (Å²) in [6.45, 7) is 8.43. The second-order valence-corrected chi connectivity index (χ2v) is 7.90. The smallest absolute Gasteiger partial charge is 0.0931 e. The Kier molecular flexibility index (Phi) is 4.11. The molecule has 0 saturated heterocycles. The number of hydrogen-bond acceptors (Lipinski definition) is 2. The third-order valence-corrected chi connectivity index (χ3v) is 5.34. The van der Waals surface area contributed by atoms with Crippen LogP contribution >= 0.6 is 0 Å². The van der Waals surface area contributed by atoms with Crippen LogP contribution in [-0.4, -0.2) is 14.4 Å². The molecule has 1 saturated carbocycles. The van der Waals surface area contributed by atoms with Crippen LogP contribution in [0.1, 0.15) is 50.8 Å². The molecule has 1 aliphatic rings. The molecule has 3 nitrogen and oxygen atoms in total. The zero-order chi connectivity index (χ0) is 14.2. The Morgan fingerprint density at radius 2 is 2.05 bits per heavy atom. The lowest BCUT2D eigenvalue weighted by molar-refractivity contribution is 0.328. The van der Waals surface area contributed by atoms with Gasteiger partial charge in [-0.15, -0.1) is 0 Å². The molecule has 1 aromatic heterocycles. The molecule has 1 aliphatic carbocycles. The summed E-state index contributed by atoms with van der Waals surface area (Å²) in [5, 5.41) is 5.76. The second kappa shape index (κ2) is 5.33. The van der Waals surface area contributed by atoms with E-state index in [1.807, 2.05) is 12.3 Å². The first-order valence-electron chi connectivity index (χ1n) is 6.88. The highest BCUT2D eigenvalue weighted by molar-refractivity contribution is 7.83. The van der Waals surface area contributed by atoms with Crippen molar-refractivity contribution in [2.45, 2.75) is 51.7 Å². The monoisotopic (exact) mass is 280 g/mol. The van der Waals surface area contributed by atoms with Gasteiger partial charge in [-0.2, -0.15) is 0 Å². The van der Waals surface area contributed by atoms with Crippen molar-refractivity contribution >= 4 is 11.0 Å². The Balaban J connectivity index is 2.41. The van der Waals surface area contributed by atoms with Gasteiger partial charge < -0.3 is 0 Å². The largest absolute Gasteiger partial charge is 0.261 e. The van der Waals surface area contributed by atoms with Crippen molar-refractivity contribution in [1.29, 1.82) is 0 Å². The number of nitrogens with zero attached hydrogens (tertiary/aromatic N) is 1. The van der Waals surface area contributed by atoms with Gasteiger partial charge in [0.2, 0.25) is 0 Å². The van der Waals surface area contributed by atoms with E-state index >= 15 is 0 Å². The Morgan fingerprint density at radius 1 is 1.42 bits per heavy atom. The predicted octanol–water partition coefficient (Wildman–Crippen LogP) is 2.92. The average Bonchev–Trinajstić information content (AvgIpc) is 3.06. The van der Waals surface area contributed by atoms with Crippen LogP contribution in [0, 0.1) is 18.3 Å². The second-order valence-electron chi connectivity index (χ2n) is 6.74. The number of aryl methyl sites for hydroxylation is 1. The molecule has 1 heterocycles. The summed E-state index contributed by atoms with van der Waals surface area (Å²) in [6, 6.07) is 4.12. The Hall–Kier alpha value is -0.740. The normalized spacial score (nSPS) is 20.9. The molecule has 0 amide bonds. The fourth-order valence-electron chi connectivity index (χ4n) is 2.87. The highest BCUT2D eigenvalue weighted by Gasteiger charge is 2.45. The minimum Gasteiger partial charge on any atom is -0.261 e. The SMILES string of the molecule is Cc1ccnc([C@H](C2CC2)C(S(N)=O)C(C)(C)C)c1. The maximum Gasteiger partial charge on any atom is 0.0931 e. The third kappa shape index (κ3) is 3.42. The molecule has 2 N–H and O–H groups in total. The van der Waals surface area contributed by atoms with Gasteiger partial charge in [-0.25, -0.2) is 4.21 Å². The van der Waals surface area contributed by atoms with Crippen LogP contribution in [0.3, 0.4) is 0 Å². The third-order valence-electron chi connectivity index (χ3n) is 3.84. The number of aromatic nitrogens is 1. The topological polar surface area (TPSA) is 56.0 Å². The van der Waals surface area contributed by atoms with Crippen molar-refractivity contribution in [3.05, 3.63) is 29.6 Å². The highest BCUT2D eigenvalue weighted by atomic mass is 32.2. The van der Waals surface area contributed by atoms with Crippen LogP contribution < -0.4 is 5.14 Å². The van der Waals surface area contributed by atoms with E-state index in [2.05, 4.69) is 38.7 Å². The summed E-state index contributed by atoms with van der Waals surface area (Å²) >= 11 is 0. The van der Waals surface area contributed by atoms with Crippen LogP contribution in [0.4, 0.5) is 0 Å². The first-order valence-corrected chi connectivity index (χ1v) is 8.16. The first kappa shape index (κ1) is 14.7. The molecule has 106 valence electrons. The molecule has 1 aromatic rings. The highest BCUT2D eigenvalue weighted by Crippen LogP contribution is 2.48. The lowest BCUT2D eigenvalue weighted by Crippen LogP contribution is -2.40. The molecule has 19 heavy (non-hydrogen) atoms. The molecule has 3 atom stereocenters. The summed E-state index contributed by atoms with van der Waals surface area (Å²) in [5.41, 5.74) is 2.17. The van der Waals surface area contributed by atoms with Crippen LogP contribution in [0.15, 0.2) is 18.3 Å². The van der Waals surface area contributed by atoms with E-state index in [1.54, 1.807) is 0 Å². The van der Waals surface area contributed by atoms with Crippen LogP contribution in [0.25, 0.3) is 0 Å². The van der Waals surface area contributed by atoms with Crippen LogP contribution in [0.2, 0.25) is 0 Å². The quantitative estimate of drug-likeness (QED) is 0.922.